The molecular formula is C11H22N2O. The fraction of sp³-hybridized carbons (Fsp3) is 0.909. The molecule has 1 N–H and O–H groups in total. The van der Waals surface area contributed by atoms with Crippen LogP contribution in [-0.2, 0) is 4.79 Å². The molecule has 0 aromatic carbocycles. The highest BCUT2D eigenvalue weighted by Gasteiger charge is 2.26. The lowest BCUT2D eigenvalue weighted by Gasteiger charge is -2.36. The lowest BCUT2D eigenvalue weighted by Crippen LogP contribution is -2.46. The molecule has 0 spiro atoms. The molecule has 14 heavy (non-hydrogen) atoms. The molecule has 3 nitrogen and oxygen atoms in total. The van der Waals surface area contributed by atoms with E-state index in [1.54, 1.807) is 6.92 Å². The van der Waals surface area contributed by atoms with Crippen LogP contribution >= 0.6 is 0 Å². The van der Waals surface area contributed by atoms with Gasteiger partial charge in [-0.05, 0) is 32.2 Å². The van der Waals surface area contributed by atoms with E-state index in [1.165, 1.54) is 6.42 Å². The van der Waals surface area contributed by atoms with E-state index in [2.05, 4.69) is 12.2 Å². The third kappa shape index (κ3) is 2.71. The molecule has 1 heterocycles. The minimum absolute atomic E-state index is 0.223. The molecule has 1 saturated heterocycles. The summed E-state index contributed by atoms with van der Waals surface area (Å²) in [6.07, 6.45) is 3.55. The van der Waals surface area contributed by atoms with Crippen LogP contribution in [0.25, 0.3) is 0 Å². The smallest absolute Gasteiger partial charge is 0.219 e. The number of likely N-dealkylation sites (tertiary alicyclic amines) is 1. The Bertz CT molecular complexity index is 190. The van der Waals surface area contributed by atoms with Crippen molar-refractivity contribution in [2.75, 3.05) is 20.1 Å². The summed E-state index contributed by atoms with van der Waals surface area (Å²) in [4.78, 5) is 13.2. The highest BCUT2D eigenvalue weighted by Crippen LogP contribution is 2.21. The Labute approximate surface area is 86.9 Å². The van der Waals surface area contributed by atoms with Crippen molar-refractivity contribution in [2.24, 2.45) is 5.92 Å². The molecule has 1 amide bonds. The first-order valence-electron chi connectivity index (χ1n) is 5.61. The summed E-state index contributed by atoms with van der Waals surface area (Å²) in [5.41, 5.74) is 0. The summed E-state index contributed by atoms with van der Waals surface area (Å²) < 4.78 is 0. The minimum atomic E-state index is 0.223. The molecule has 0 radical (unpaired) electrons. The maximum atomic E-state index is 11.2. The number of amides is 1. The van der Waals surface area contributed by atoms with Crippen LogP contribution in [0.2, 0.25) is 0 Å². The van der Waals surface area contributed by atoms with E-state index in [1.807, 2.05) is 11.9 Å². The van der Waals surface area contributed by atoms with E-state index in [0.29, 0.717) is 12.0 Å². The number of rotatable bonds is 3. The third-order valence-electron chi connectivity index (χ3n) is 3.28. The van der Waals surface area contributed by atoms with Crippen LogP contribution in [-0.4, -0.2) is 37.0 Å². The van der Waals surface area contributed by atoms with Crippen molar-refractivity contribution in [3.8, 4) is 0 Å². The van der Waals surface area contributed by atoms with Gasteiger partial charge in [0.25, 0.3) is 0 Å². The molecule has 0 aromatic heterocycles. The lowest BCUT2D eigenvalue weighted by atomic mass is 9.89. The number of carbonyl (C=O) groups excluding carboxylic acids is 1. The second-order valence-corrected chi connectivity index (χ2v) is 4.17. The average molecular weight is 198 g/mol. The fourth-order valence-electron chi connectivity index (χ4n) is 2.40. The standard InChI is InChI=1S/C11H22N2O/c1-4-11(12-3)10-6-5-7-13(8-10)9(2)14/h10-12H,4-8H2,1-3H3. The molecule has 2 atom stereocenters. The molecule has 1 aliphatic heterocycles. The van der Waals surface area contributed by atoms with Crippen LogP contribution in [0, 0.1) is 5.92 Å². The van der Waals surface area contributed by atoms with E-state index in [0.717, 1.165) is 25.9 Å². The van der Waals surface area contributed by atoms with Crippen molar-refractivity contribution < 1.29 is 4.79 Å². The van der Waals surface area contributed by atoms with Crippen molar-refractivity contribution >= 4 is 5.91 Å². The highest BCUT2D eigenvalue weighted by atomic mass is 16.2. The van der Waals surface area contributed by atoms with Crippen LogP contribution in [0.5, 0.6) is 0 Å². The van der Waals surface area contributed by atoms with E-state index >= 15 is 0 Å². The molecule has 1 rings (SSSR count). The van der Waals surface area contributed by atoms with E-state index < -0.39 is 0 Å². The van der Waals surface area contributed by atoms with Crippen LogP contribution in [0.4, 0.5) is 0 Å². The predicted molar refractivity (Wildman–Crippen MR) is 58.1 cm³/mol. The van der Waals surface area contributed by atoms with Crippen molar-refractivity contribution in [2.45, 2.75) is 39.2 Å². The van der Waals surface area contributed by atoms with Gasteiger partial charge in [-0.25, -0.2) is 0 Å². The van der Waals surface area contributed by atoms with Crippen molar-refractivity contribution in [3.63, 3.8) is 0 Å². The zero-order chi connectivity index (χ0) is 10.6. The van der Waals surface area contributed by atoms with E-state index in [9.17, 15) is 4.79 Å². The molecule has 0 saturated carbocycles. The number of piperidine rings is 1. The fourth-order valence-corrected chi connectivity index (χ4v) is 2.40. The molecule has 3 heteroatoms. The van der Waals surface area contributed by atoms with E-state index in [-0.39, 0.29) is 5.91 Å². The Morgan fingerprint density at radius 1 is 1.64 bits per heavy atom. The van der Waals surface area contributed by atoms with Crippen molar-refractivity contribution in [3.05, 3.63) is 0 Å². The normalized spacial score (nSPS) is 24.8. The first kappa shape index (κ1) is 11.5. The topological polar surface area (TPSA) is 32.3 Å². The summed E-state index contributed by atoms with van der Waals surface area (Å²) in [6, 6.07) is 0.567. The Hall–Kier alpha value is -0.570. The molecule has 1 fully saturated rings. The largest absolute Gasteiger partial charge is 0.343 e. The van der Waals surface area contributed by atoms with Crippen molar-refractivity contribution in [1.29, 1.82) is 0 Å². The zero-order valence-electron chi connectivity index (χ0n) is 9.55. The van der Waals surface area contributed by atoms with Gasteiger partial charge in [-0.2, -0.15) is 0 Å². The van der Waals surface area contributed by atoms with Gasteiger partial charge in [-0.15, -0.1) is 0 Å². The van der Waals surface area contributed by atoms with Crippen LogP contribution < -0.4 is 5.32 Å². The summed E-state index contributed by atoms with van der Waals surface area (Å²) in [6.45, 7) is 5.76. The van der Waals surface area contributed by atoms with Crippen molar-refractivity contribution in [1.82, 2.24) is 10.2 Å². The highest BCUT2D eigenvalue weighted by molar-refractivity contribution is 5.73. The van der Waals surface area contributed by atoms with Gasteiger partial charge in [0.05, 0.1) is 0 Å². The summed E-state index contributed by atoms with van der Waals surface area (Å²) >= 11 is 0. The SMILES string of the molecule is CCC(NC)C1CCCN(C(C)=O)C1. The molecule has 0 aromatic rings. The predicted octanol–water partition coefficient (Wildman–Crippen LogP) is 1.24. The lowest BCUT2D eigenvalue weighted by molar-refractivity contribution is -0.130. The number of carbonyl (C=O) groups is 1. The van der Waals surface area contributed by atoms with Gasteiger partial charge in [-0.3, -0.25) is 4.79 Å². The monoisotopic (exact) mass is 198 g/mol. The number of hydrogen-bond acceptors (Lipinski definition) is 2. The molecule has 82 valence electrons. The number of nitrogens with one attached hydrogen (secondary N) is 1. The number of nitrogens with zero attached hydrogens (tertiary/aromatic N) is 1. The van der Waals surface area contributed by atoms with Gasteiger partial charge in [0.1, 0.15) is 0 Å². The number of hydrogen-bond donors (Lipinski definition) is 1. The van der Waals surface area contributed by atoms with E-state index in [4.69, 9.17) is 0 Å². The Balaban J connectivity index is 2.50. The van der Waals surface area contributed by atoms with Gasteiger partial charge in [0, 0.05) is 26.1 Å². The second kappa shape index (κ2) is 5.35. The quantitative estimate of drug-likeness (QED) is 0.740. The molecular weight excluding hydrogens is 176 g/mol. The summed E-state index contributed by atoms with van der Waals surface area (Å²) in [5, 5.41) is 3.34. The molecule has 0 aliphatic carbocycles. The van der Waals surface area contributed by atoms with Gasteiger partial charge >= 0.3 is 0 Å². The Morgan fingerprint density at radius 3 is 2.86 bits per heavy atom. The average Bonchev–Trinajstić information content (AvgIpc) is 2.20. The molecule has 2 unspecified atom stereocenters. The molecule has 1 aliphatic rings. The first-order valence-corrected chi connectivity index (χ1v) is 5.61. The van der Waals surface area contributed by atoms with Crippen LogP contribution in [0.1, 0.15) is 33.1 Å². The van der Waals surface area contributed by atoms with Gasteiger partial charge in [0.2, 0.25) is 5.91 Å². The Morgan fingerprint density at radius 2 is 2.36 bits per heavy atom. The Kier molecular flexibility index (Phi) is 4.39. The van der Waals surface area contributed by atoms with Gasteiger partial charge in [-0.1, -0.05) is 6.92 Å². The van der Waals surface area contributed by atoms with Gasteiger partial charge in [0.15, 0.2) is 0 Å². The third-order valence-corrected chi connectivity index (χ3v) is 3.28. The zero-order valence-corrected chi connectivity index (χ0v) is 9.55. The van der Waals surface area contributed by atoms with Gasteiger partial charge < -0.3 is 10.2 Å². The second-order valence-electron chi connectivity index (χ2n) is 4.17. The maximum Gasteiger partial charge on any atom is 0.219 e. The first-order chi connectivity index (χ1) is 6.69. The van der Waals surface area contributed by atoms with Crippen LogP contribution in [0.3, 0.4) is 0 Å². The summed E-state index contributed by atoms with van der Waals surface area (Å²) in [7, 11) is 2.01. The maximum absolute atomic E-state index is 11.2. The minimum Gasteiger partial charge on any atom is -0.343 e. The summed E-state index contributed by atoms with van der Waals surface area (Å²) in [5.74, 6) is 0.864. The van der Waals surface area contributed by atoms with Crippen LogP contribution in [0.15, 0.2) is 0 Å². The molecule has 0 bridgehead atoms.